The second-order valence-corrected chi connectivity index (χ2v) is 7.98. The Morgan fingerprint density at radius 3 is 1.58 bits per heavy atom. The van der Waals surface area contributed by atoms with E-state index in [9.17, 15) is 0 Å². The predicted octanol–water partition coefficient (Wildman–Crippen LogP) is -2.34. The van der Waals surface area contributed by atoms with E-state index in [1.54, 1.807) is 0 Å². The van der Waals surface area contributed by atoms with Crippen LogP contribution in [0.5, 0.6) is 0 Å². The largest absolute Gasteiger partial charge is 1.00 e. The summed E-state index contributed by atoms with van der Waals surface area (Å²) in [5, 5.41) is 0. The van der Waals surface area contributed by atoms with E-state index in [2.05, 4.69) is 87.9 Å². The SMILES string of the molecule is C[N+]1(C)CC[N+](C)(CC=C(c2ccccc2)c2ccccc2)CC1.[I-].[I-]. The lowest BCUT2D eigenvalue weighted by atomic mass is 9.97. The van der Waals surface area contributed by atoms with Crippen LogP contribution in [-0.4, -0.2) is 62.8 Å². The molecule has 2 aromatic rings. The molecule has 2 nitrogen and oxygen atoms in total. The molecule has 0 N–H and O–H groups in total. The van der Waals surface area contributed by atoms with Gasteiger partial charge in [0.15, 0.2) is 0 Å². The molecular weight excluding hydrogens is 546 g/mol. The summed E-state index contributed by atoms with van der Waals surface area (Å²) in [6.45, 7) is 6.12. The highest BCUT2D eigenvalue weighted by atomic mass is 127. The van der Waals surface area contributed by atoms with Gasteiger partial charge in [-0.25, -0.2) is 0 Å². The van der Waals surface area contributed by atoms with Gasteiger partial charge in [0.25, 0.3) is 0 Å². The Morgan fingerprint density at radius 1 is 0.731 bits per heavy atom. The van der Waals surface area contributed by atoms with Gasteiger partial charge < -0.3 is 56.9 Å². The second kappa shape index (κ2) is 10.2. The monoisotopic (exact) mass is 576 g/mol. The summed E-state index contributed by atoms with van der Waals surface area (Å²) >= 11 is 0. The second-order valence-electron chi connectivity index (χ2n) is 7.98. The van der Waals surface area contributed by atoms with Crippen LogP contribution in [0.1, 0.15) is 11.1 Å². The molecule has 1 saturated heterocycles. The number of benzene rings is 2. The van der Waals surface area contributed by atoms with Gasteiger partial charge in [0, 0.05) is 0 Å². The molecule has 0 unspecified atom stereocenters. The van der Waals surface area contributed by atoms with Crippen LogP contribution in [-0.2, 0) is 0 Å². The van der Waals surface area contributed by atoms with Gasteiger partial charge in [-0.05, 0) is 22.8 Å². The summed E-state index contributed by atoms with van der Waals surface area (Å²) < 4.78 is 2.30. The van der Waals surface area contributed by atoms with Crippen molar-refractivity contribution in [3.63, 3.8) is 0 Å². The molecule has 0 saturated carbocycles. The van der Waals surface area contributed by atoms with E-state index in [0.717, 1.165) is 15.5 Å². The maximum absolute atomic E-state index is 2.45. The van der Waals surface area contributed by atoms with Crippen molar-refractivity contribution in [2.45, 2.75) is 0 Å². The van der Waals surface area contributed by atoms with Gasteiger partial charge in [0.1, 0.15) is 26.2 Å². The Morgan fingerprint density at radius 2 is 1.15 bits per heavy atom. The summed E-state index contributed by atoms with van der Waals surface area (Å²) in [7, 11) is 7.10. The molecule has 142 valence electrons. The number of likely N-dealkylation sites (N-methyl/N-ethyl adjacent to an activating group) is 2. The van der Waals surface area contributed by atoms with Gasteiger partial charge in [0.05, 0.1) is 27.7 Å². The van der Waals surface area contributed by atoms with Crippen LogP contribution < -0.4 is 48.0 Å². The molecule has 3 rings (SSSR count). The van der Waals surface area contributed by atoms with E-state index >= 15 is 0 Å². The normalized spacial score (nSPS) is 17.3. The number of piperazine rings is 1. The van der Waals surface area contributed by atoms with E-state index in [1.807, 2.05) is 0 Å². The minimum Gasteiger partial charge on any atom is -1.00 e. The van der Waals surface area contributed by atoms with Crippen LogP contribution in [0.15, 0.2) is 66.7 Å². The Hall–Kier alpha value is -0.440. The fourth-order valence-corrected chi connectivity index (χ4v) is 3.38. The molecule has 1 heterocycles. The Balaban J connectivity index is 0.00000169. The first-order valence-electron chi connectivity index (χ1n) is 8.94. The van der Waals surface area contributed by atoms with Crippen molar-refractivity contribution >= 4 is 5.57 Å². The van der Waals surface area contributed by atoms with Gasteiger partial charge >= 0.3 is 0 Å². The minimum absolute atomic E-state index is 0. The Kier molecular flexibility index (Phi) is 9.26. The number of quaternary nitrogens is 2. The fraction of sp³-hybridized carbons (Fsp3) is 0.364. The van der Waals surface area contributed by atoms with Gasteiger partial charge in [-0.1, -0.05) is 60.7 Å². The number of halogens is 2. The third-order valence-electron chi connectivity index (χ3n) is 5.40. The molecule has 0 bridgehead atoms. The van der Waals surface area contributed by atoms with Crippen LogP contribution in [0.2, 0.25) is 0 Å². The highest BCUT2D eigenvalue weighted by Crippen LogP contribution is 2.24. The molecule has 26 heavy (non-hydrogen) atoms. The molecule has 1 aliphatic rings. The summed E-state index contributed by atoms with van der Waals surface area (Å²) in [6, 6.07) is 21.6. The minimum atomic E-state index is 0. The summed E-state index contributed by atoms with van der Waals surface area (Å²) in [4.78, 5) is 0. The summed E-state index contributed by atoms with van der Waals surface area (Å²) in [6.07, 6.45) is 2.45. The molecule has 1 aliphatic heterocycles. The van der Waals surface area contributed by atoms with Gasteiger partial charge in [-0.2, -0.15) is 0 Å². The molecule has 0 amide bonds. The maximum atomic E-state index is 2.45. The highest BCUT2D eigenvalue weighted by Gasteiger charge is 2.33. The molecule has 2 aromatic carbocycles. The number of rotatable bonds is 4. The third kappa shape index (κ3) is 6.32. The quantitative estimate of drug-likeness (QED) is 0.283. The van der Waals surface area contributed by atoms with Crippen molar-refractivity contribution in [2.75, 3.05) is 53.9 Å². The highest BCUT2D eigenvalue weighted by molar-refractivity contribution is 5.79. The zero-order chi connectivity index (χ0) is 17.0. The van der Waals surface area contributed by atoms with E-state index in [4.69, 9.17) is 0 Å². The zero-order valence-corrected chi connectivity index (χ0v) is 20.4. The summed E-state index contributed by atoms with van der Waals surface area (Å²) in [5.74, 6) is 0. The smallest absolute Gasteiger partial charge is 0.129 e. The maximum Gasteiger partial charge on any atom is 0.129 e. The van der Waals surface area contributed by atoms with E-state index < -0.39 is 0 Å². The van der Waals surface area contributed by atoms with Crippen LogP contribution in [0.4, 0.5) is 0 Å². The van der Waals surface area contributed by atoms with E-state index in [1.165, 1.54) is 42.9 Å². The van der Waals surface area contributed by atoms with Gasteiger partial charge in [-0.15, -0.1) is 0 Å². The third-order valence-corrected chi connectivity index (χ3v) is 5.40. The lowest BCUT2D eigenvalue weighted by molar-refractivity contribution is -1.00. The molecule has 0 spiro atoms. The van der Waals surface area contributed by atoms with Crippen LogP contribution >= 0.6 is 0 Å². The first-order chi connectivity index (χ1) is 11.5. The number of hydrogen-bond acceptors (Lipinski definition) is 0. The molecule has 0 atom stereocenters. The van der Waals surface area contributed by atoms with Crippen LogP contribution in [0.3, 0.4) is 0 Å². The average molecular weight is 576 g/mol. The van der Waals surface area contributed by atoms with Crippen molar-refractivity contribution in [3.05, 3.63) is 77.9 Å². The number of hydrogen-bond donors (Lipinski definition) is 0. The van der Waals surface area contributed by atoms with Gasteiger partial charge in [-0.3, -0.25) is 0 Å². The van der Waals surface area contributed by atoms with Crippen molar-refractivity contribution in [1.29, 1.82) is 0 Å². The lowest BCUT2D eigenvalue weighted by Crippen LogP contribution is -3.00. The molecule has 4 heteroatoms. The summed E-state index contributed by atoms with van der Waals surface area (Å²) in [5.41, 5.74) is 3.97. The molecule has 1 fully saturated rings. The predicted molar refractivity (Wildman–Crippen MR) is 103 cm³/mol. The van der Waals surface area contributed by atoms with Crippen molar-refractivity contribution in [1.82, 2.24) is 0 Å². The fourth-order valence-electron chi connectivity index (χ4n) is 3.38. The van der Waals surface area contributed by atoms with Crippen LogP contribution in [0.25, 0.3) is 5.57 Å². The van der Waals surface area contributed by atoms with Crippen molar-refractivity contribution < 1.29 is 56.9 Å². The zero-order valence-electron chi connectivity index (χ0n) is 16.0. The standard InChI is InChI=1S/C22H30N2.2HI/c1-23(2)16-18-24(3,19-17-23)15-14-22(20-10-6-4-7-11-20)21-12-8-5-9-13-21;;/h4-14H,15-19H2,1-3H3;2*1H/q+2;;/p-2. The molecule has 0 aromatic heterocycles. The van der Waals surface area contributed by atoms with Crippen molar-refractivity contribution in [2.24, 2.45) is 0 Å². The first kappa shape index (κ1) is 23.6. The van der Waals surface area contributed by atoms with E-state index in [-0.39, 0.29) is 48.0 Å². The first-order valence-corrected chi connectivity index (χ1v) is 8.94. The topological polar surface area (TPSA) is 0 Å². The molecular formula is C22H30I2N2. The molecule has 0 radical (unpaired) electrons. The van der Waals surface area contributed by atoms with Crippen LogP contribution in [0, 0.1) is 0 Å². The Bertz CT molecular complexity index is 645. The van der Waals surface area contributed by atoms with Crippen molar-refractivity contribution in [3.8, 4) is 0 Å². The average Bonchev–Trinajstić information content (AvgIpc) is 2.60. The molecule has 0 aliphatic carbocycles. The van der Waals surface area contributed by atoms with Gasteiger partial charge in [0.2, 0.25) is 0 Å². The lowest BCUT2D eigenvalue weighted by Gasteiger charge is -2.44. The van der Waals surface area contributed by atoms with E-state index in [0.29, 0.717) is 0 Å². The Labute approximate surface area is 193 Å². The number of nitrogens with zero attached hydrogens (tertiary/aromatic N) is 2.